The Kier molecular flexibility index (Phi) is 3.90. The highest BCUT2D eigenvalue weighted by atomic mass is 14.7. The van der Waals surface area contributed by atoms with Gasteiger partial charge in [0.1, 0.15) is 0 Å². The van der Waals surface area contributed by atoms with Gasteiger partial charge in [-0.25, -0.2) is 0 Å². The quantitative estimate of drug-likeness (QED) is 0.767. The van der Waals surface area contributed by atoms with Gasteiger partial charge >= 0.3 is 0 Å². The fourth-order valence-electron chi connectivity index (χ4n) is 1.52. The lowest BCUT2D eigenvalue weighted by Gasteiger charge is -2.15. The van der Waals surface area contributed by atoms with Crippen molar-refractivity contribution in [3.05, 3.63) is 30.1 Å². The third kappa shape index (κ3) is 3.15. The second kappa shape index (κ2) is 4.97. The van der Waals surface area contributed by atoms with E-state index in [0.29, 0.717) is 18.4 Å². The van der Waals surface area contributed by atoms with Crippen molar-refractivity contribution in [2.75, 3.05) is 6.54 Å². The minimum absolute atomic E-state index is 0.418. The first-order valence-corrected chi connectivity index (χ1v) is 4.85. The maximum Gasteiger partial charge on any atom is 0.0447 e. The molecule has 2 N–H and O–H groups in total. The summed E-state index contributed by atoms with van der Waals surface area (Å²) in [6.45, 7) is 5.12. The second-order valence-corrected chi connectivity index (χ2v) is 3.82. The van der Waals surface area contributed by atoms with E-state index in [1.54, 1.807) is 0 Å². The van der Waals surface area contributed by atoms with Crippen molar-refractivity contribution in [1.82, 2.24) is 4.98 Å². The first-order valence-electron chi connectivity index (χ1n) is 4.85. The first kappa shape index (κ1) is 10.2. The minimum atomic E-state index is 0.418. The third-order valence-corrected chi connectivity index (χ3v) is 2.15. The van der Waals surface area contributed by atoms with Crippen LogP contribution in [0.3, 0.4) is 0 Å². The monoisotopic (exact) mass is 178 g/mol. The molecule has 0 spiro atoms. The summed E-state index contributed by atoms with van der Waals surface area (Å²) in [4.78, 5) is 4.32. The molecule has 0 aliphatic carbocycles. The van der Waals surface area contributed by atoms with Gasteiger partial charge in [-0.1, -0.05) is 19.9 Å². The maximum atomic E-state index is 5.71. The average Bonchev–Trinajstić information content (AvgIpc) is 2.15. The molecule has 1 atom stereocenters. The summed E-state index contributed by atoms with van der Waals surface area (Å²) in [6.07, 6.45) is 2.95. The Morgan fingerprint density at radius 3 is 2.62 bits per heavy atom. The highest BCUT2D eigenvalue weighted by Gasteiger charge is 2.11. The van der Waals surface area contributed by atoms with Crippen LogP contribution >= 0.6 is 0 Å². The molecule has 13 heavy (non-hydrogen) atoms. The number of rotatable bonds is 4. The molecule has 72 valence electrons. The van der Waals surface area contributed by atoms with Crippen molar-refractivity contribution in [3.63, 3.8) is 0 Å². The molecule has 0 aliphatic rings. The lowest BCUT2D eigenvalue weighted by Crippen LogP contribution is -2.15. The molecule has 1 unspecified atom stereocenters. The summed E-state index contributed by atoms with van der Waals surface area (Å²) >= 11 is 0. The predicted octanol–water partition coefficient (Wildman–Crippen LogP) is 2.17. The van der Waals surface area contributed by atoms with Gasteiger partial charge in [-0.15, -0.1) is 0 Å². The molecule has 0 radical (unpaired) electrons. The second-order valence-electron chi connectivity index (χ2n) is 3.82. The van der Waals surface area contributed by atoms with Crippen LogP contribution in [0.4, 0.5) is 0 Å². The Labute approximate surface area is 80.2 Å². The maximum absolute atomic E-state index is 5.71. The summed E-state index contributed by atoms with van der Waals surface area (Å²) in [6, 6.07) is 6.01. The van der Waals surface area contributed by atoms with E-state index in [-0.39, 0.29) is 0 Å². The largest absolute Gasteiger partial charge is 0.330 e. The molecule has 1 heterocycles. The van der Waals surface area contributed by atoms with Gasteiger partial charge in [-0.05, 0) is 24.5 Å². The van der Waals surface area contributed by atoms with Crippen LogP contribution in [0.2, 0.25) is 0 Å². The van der Waals surface area contributed by atoms with E-state index in [1.165, 1.54) is 0 Å². The van der Waals surface area contributed by atoms with Gasteiger partial charge in [0.15, 0.2) is 0 Å². The van der Waals surface area contributed by atoms with Gasteiger partial charge in [0.25, 0.3) is 0 Å². The van der Waals surface area contributed by atoms with Crippen LogP contribution in [0, 0.1) is 5.92 Å². The van der Waals surface area contributed by atoms with Gasteiger partial charge in [0, 0.05) is 24.4 Å². The molecular formula is C11H18N2. The van der Waals surface area contributed by atoms with Gasteiger partial charge in [0.05, 0.1) is 0 Å². The van der Waals surface area contributed by atoms with Crippen molar-refractivity contribution in [3.8, 4) is 0 Å². The SMILES string of the molecule is CC(C)CC(CN)c1ccccn1. The van der Waals surface area contributed by atoms with Crippen LogP contribution in [-0.2, 0) is 0 Å². The van der Waals surface area contributed by atoms with E-state index in [4.69, 9.17) is 5.73 Å². The summed E-state index contributed by atoms with van der Waals surface area (Å²) in [7, 11) is 0. The Bertz CT molecular complexity index is 231. The van der Waals surface area contributed by atoms with E-state index in [0.717, 1.165) is 12.1 Å². The molecule has 0 amide bonds. The lowest BCUT2D eigenvalue weighted by atomic mass is 9.94. The molecule has 1 aromatic heterocycles. The molecular weight excluding hydrogens is 160 g/mol. The number of hydrogen-bond acceptors (Lipinski definition) is 2. The number of hydrogen-bond donors (Lipinski definition) is 1. The molecule has 0 saturated heterocycles. The summed E-state index contributed by atoms with van der Waals surface area (Å²) in [5, 5.41) is 0. The molecule has 2 heteroatoms. The van der Waals surface area contributed by atoms with Gasteiger partial charge in [-0.2, -0.15) is 0 Å². The Balaban J connectivity index is 2.67. The van der Waals surface area contributed by atoms with E-state index in [2.05, 4.69) is 24.9 Å². The van der Waals surface area contributed by atoms with Crippen molar-refractivity contribution in [2.45, 2.75) is 26.2 Å². The van der Waals surface area contributed by atoms with Crippen molar-refractivity contribution < 1.29 is 0 Å². The van der Waals surface area contributed by atoms with E-state index >= 15 is 0 Å². The zero-order chi connectivity index (χ0) is 9.68. The zero-order valence-electron chi connectivity index (χ0n) is 8.40. The number of nitrogens with zero attached hydrogens (tertiary/aromatic N) is 1. The first-order chi connectivity index (χ1) is 6.24. The van der Waals surface area contributed by atoms with Gasteiger partial charge in [0.2, 0.25) is 0 Å². The molecule has 0 aromatic carbocycles. The molecule has 1 aromatic rings. The Morgan fingerprint density at radius 1 is 1.38 bits per heavy atom. The summed E-state index contributed by atoms with van der Waals surface area (Å²) in [5.74, 6) is 1.09. The van der Waals surface area contributed by atoms with Crippen LogP contribution in [0.5, 0.6) is 0 Å². The van der Waals surface area contributed by atoms with Crippen LogP contribution in [0.25, 0.3) is 0 Å². The van der Waals surface area contributed by atoms with Crippen molar-refractivity contribution >= 4 is 0 Å². The number of pyridine rings is 1. The van der Waals surface area contributed by atoms with Crippen LogP contribution in [0.15, 0.2) is 24.4 Å². The molecule has 0 saturated carbocycles. The topological polar surface area (TPSA) is 38.9 Å². The molecule has 0 aliphatic heterocycles. The predicted molar refractivity (Wildman–Crippen MR) is 55.5 cm³/mol. The molecule has 0 bridgehead atoms. The third-order valence-electron chi connectivity index (χ3n) is 2.15. The van der Waals surface area contributed by atoms with Crippen molar-refractivity contribution in [2.24, 2.45) is 11.7 Å². The van der Waals surface area contributed by atoms with Crippen LogP contribution in [-0.4, -0.2) is 11.5 Å². The lowest BCUT2D eigenvalue weighted by molar-refractivity contribution is 0.497. The smallest absolute Gasteiger partial charge is 0.0447 e. The zero-order valence-corrected chi connectivity index (χ0v) is 8.40. The summed E-state index contributed by atoms with van der Waals surface area (Å²) in [5.41, 5.74) is 6.84. The normalized spacial score (nSPS) is 13.2. The Hall–Kier alpha value is -0.890. The molecule has 1 rings (SSSR count). The highest BCUT2D eigenvalue weighted by Crippen LogP contribution is 2.20. The summed E-state index contributed by atoms with van der Waals surface area (Å²) < 4.78 is 0. The van der Waals surface area contributed by atoms with Crippen molar-refractivity contribution in [1.29, 1.82) is 0 Å². The number of nitrogens with two attached hydrogens (primary N) is 1. The average molecular weight is 178 g/mol. The number of aromatic nitrogens is 1. The highest BCUT2D eigenvalue weighted by molar-refractivity contribution is 5.09. The fraction of sp³-hybridized carbons (Fsp3) is 0.545. The van der Waals surface area contributed by atoms with Gasteiger partial charge < -0.3 is 5.73 Å². The van der Waals surface area contributed by atoms with Gasteiger partial charge in [-0.3, -0.25) is 4.98 Å². The van der Waals surface area contributed by atoms with Crippen LogP contribution in [0.1, 0.15) is 31.9 Å². The Morgan fingerprint density at radius 2 is 2.15 bits per heavy atom. The van der Waals surface area contributed by atoms with Crippen LogP contribution < -0.4 is 5.73 Å². The fourth-order valence-corrected chi connectivity index (χ4v) is 1.52. The minimum Gasteiger partial charge on any atom is -0.330 e. The standard InChI is InChI=1S/C11H18N2/c1-9(2)7-10(8-12)11-5-3-4-6-13-11/h3-6,9-10H,7-8,12H2,1-2H3. The van der Waals surface area contributed by atoms with E-state index < -0.39 is 0 Å². The van der Waals surface area contributed by atoms with E-state index in [9.17, 15) is 0 Å². The molecule has 0 fully saturated rings. The van der Waals surface area contributed by atoms with E-state index in [1.807, 2.05) is 18.3 Å². The molecule has 2 nitrogen and oxygen atoms in total.